The Hall–Kier alpha value is -3.06. The van der Waals surface area contributed by atoms with Gasteiger partial charge in [-0.1, -0.05) is 36.9 Å². The third kappa shape index (κ3) is 5.26. The van der Waals surface area contributed by atoms with E-state index in [0.29, 0.717) is 10.9 Å². The van der Waals surface area contributed by atoms with Crippen LogP contribution in [0.2, 0.25) is 0 Å². The monoisotopic (exact) mass is 409 g/mol. The van der Waals surface area contributed by atoms with Gasteiger partial charge in [-0.15, -0.1) is 0 Å². The average Bonchev–Trinajstić information content (AvgIpc) is 2.73. The van der Waals surface area contributed by atoms with Crippen LogP contribution >= 0.6 is 11.8 Å². The van der Waals surface area contributed by atoms with Crippen molar-refractivity contribution in [2.75, 3.05) is 18.2 Å². The van der Waals surface area contributed by atoms with E-state index in [1.165, 1.54) is 17.8 Å². The summed E-state index contributed by atoms with van der Waals surface area (Å²) in [5.41, 5.74) is 4.06. The highest BCUT2D eigenvalue weighted by atomic mass is 32.2. The van der Waals surface area contributed by atoms with E-state index in [4.69, 9.17) is 4.74 Å². The fourth-order valence-corrected chi connectivity index (χ4v) is 3.60. The fourth-order valence-electron chi connectivity index (χ4n) is 2.92. The summed E-state index contributed by atoms with van der Waals surface area (Å²) in [7, 11) is 1.60. The molecular weight excluding hydrogens is 386 g/mol. The zero-order valence-electron chi connectivity index (χ0n) is 16.6. The predicted octanol–water partition coefficient (Wildman–Crippen LogP) is 4.05. The Kier molecular flexibility index (Phi) is 6.72. The molecule has 0 saturated heterocycles. The molecule has 0 atom stereocenters. The number of thioether (sulfide) groups is 1. The molecule has 3 rings (SSSR count). The van der Waals surface area contributed by atoms with Crippen LogP contribution in [0.5, 0.6) is 5.75 Å². The Labute approximate surface area is 173 Å². The van der Waals surface area contributed by atoms with Crippen molar-refractivity contribution in [3.63, 3.8) is 0 Å². The second-order valence-corrected chi connectivity index (χ2v) is 7.43. The number of para-hydroxylation sites is 1. The third-order valence-corrected chi connectivity index (χ3v) is 5.32. The molecule has 0 spiro atoms. The van der Waals surface area contributed by atoms with Gasteiger partial charge >= 0.3 is 0 Å². The van der Waals surface area contributed by atoms with E-state index >= 15 is 0 Å². The lowest BCUT2D eigenvalue weighted by Gasteiger charge is -2.12. The summed E-state index contributed by atoms with van der Waals surface area (Å²) in [6.45, 7) is 4.03. The maximum absolute atomic E-state index is 12.5. The molecule has 0 aliphatic rings. The number of rotatable bonds is 7. The molecule has 150 valence electrons. The largest absolute Gasteiger partial charge is 0.497 e. The van der Waals surface area contributed by atoms with Crippen LogP contribution in [0.25, 0.3) is 11.3 Å². The Bertz CT molecular complexity index is 1060. The van der Waals surface area contributed by atoms with Crippen LogP contribution in [-0.4, -0.2) is 28.7 Å². The van der Waals surface area contributed by atoms with Crippen LogP contribution in [-0.2, 0) is 11.2 Å². The molecule has 29 heavy (non-hydrogen) atoms. The number of methoxy groups -OCH3 is 1. The molecule has 0 saturated carbocycles. The molecule has 0 fully saturated rings. The average molecular weight is 410 g/mol. The molecule has 3 aromatic rings. The number of aromatic amines is 1. The van der Waals surface area contributed by atoms with E-state index in [1.807, 2.05) is 49.4 Å². The number of H-pyrrole nitrogens is 1. The lowest BCUT2D eigenvalue weighted by atomic mass is 10.1. The number of benzene rings is 2. The van der Waals surface area contributed by atoms with Gasteiger partial charge in [0.25, 0.3) is 5.56 Å². The number of hydrogen-bond donors (Lipinski definition) is 2. The molecule has 1 heterocycles. The minimum atomic E-state index is -0.263. The molecule has 0 bridgehead atoms. The van der Waals surface area contributed by atoms with Gasteiger partial charge in [-0.3, -0.25) is 9.59 Å². The molecule has 2 N–H and O–H groups in total. The van der Waals surface area contributed by atoms with E-state index in [9.17, 15) is 9.59 Å². The topological polar surface area (TPSA) is 84.1 Å². The number of carbonyl (C=O) groups is 1. The summed E-state index contributed by atoms with van der Waals surface area (Å²) >= 11 is 1.19. The fraction of sp³-hybridized carbons (Fsp3) is 0.227. The number of anilines is 1. The van der Waals surface area contributed by atoms with Crippen LogP contribution in [0, 0.1) is 6.92 Å². The summed E-state index contributed by atoms with van der Waals surface area (Å²) in [4.78, 5) is 31.6. The first kappa shape index (κ1) is 20.7. The quantitative estimate of drug-likeness (QED) is 0.454. The molecule has 6 nitrogen and oxygen atoms in total. The Balaban J connectivity index is 1.71. The molecule has 0 aliphatic carbocycles. The maximum Gasteiger partial charge on any atom is 0.252 e. The van der Waals surface area contributed by atoms with Crippen molar-refractivity contribution < 1.29 is 9.53 Å². The molecule has 7 heteroatoms. The van der Waals surface area contributed by atoms with Crippen molar-refractivity contribution in [1.82, 2.24) is 9.97 Å². The highest BCUT2D eigenvalue weighted by molar-refractivity contribution is 7.99. The Morgan fingerprint density at radius 1 is 1.21 bits per heavy atom. The van der Waals surface area contributed by atoms with Gasteiger partial charge < -0.3 is 15.0 Å². The van der Waals surface area contributed by atoms with Crippen LogP contribution in [0.1, 0.15) is 18.1 Å². The number of hydrogen-bond acceptors (Lipinski definition) is 5. The van der Waals surface area contributed by atoms with Gasteiger partial charge in [-0.25, -0.2) is 4.98 Å². The van der Waals surface area contributed by atoms with Gasteiger partial charge in [0.15, 0.2) is 5.16 Å². The smallest absolute Gasteiger partial charge is 0.252 e. The van der Waals surface area contributed by atoms with E-state index in [2.05, 4.69) is 22.2 Å². The van der Waals surface area contributed by atoms with E-state index in [0.717, 1.165) is 34.5 Å². The zero-order valence-corrected chi connectivity index (χ0v) is 17.4. The summed E-state index contributed by atoms with van der Waals surface area (Å²) in [6.07, 6.45) is 0.837. The predicted molar refractivity (Wildman–Crippen MR) is 117 cm³/mol. The normalized spacial score (nSPS) is 10.6. The van der Waals surface area contributed by atoms with Crippen molar-refractivity contribution in [2.45, 2.75) is 25.4 Å². The number of nitrogens with one attached hydrogen (secondary N) is 2. The third-order valence-electron chi connectivity index (χ3n) is 4.45. The first-order valence-corrected chi connectivity index (χ1v) is 10.3. The second kappa shape index (κ2) is 9.43. The summed E-state index contributed by atoms with van der Waals surface area (Å²) in [5.74, 6) is 0.732. The van der Waals surface area contributed by atoms with Crippen LogP contribution in [0.3, 0.4) is 0 Å². The summed E-state index contributed by atoms with van der Waals surface area (Å²) in [6, 6.07) is 14.7. The van der Waals surface area contributed by atoms with E-state index in [1.54, 1.807) is 7.11 Å². The maximum atomic E-state index is 12.5. The number of amides is 1. The molecule has 0 unspecified atom stereocenters. The van der Waals surface area contributed by atoms with Gasteiger partial charge in [0, 0.05) is 17.3 Å². The second-order valence-electron chi connectivity index (χ2n) is 6.46. The lowest BCUT2D eigenvalue weighted by Crippen LogP contribution is -2.17. The molecule has 0 aliphatic heterocycles. The highest BCUT2D eigenvalue weighted by Gasteiger charge is 2.11. The van der Waals surface area contributed by atoms with Gasteiger partial charge in [0.1, 0.15) is 5.75 Å². The standard InChI is InChI=1S/C22H23N3O3S/c1-4-15-7-5-6-14(2)21(15)24-20(27)13-29-22-23-18(12-19(26)25-22)16-8-10-17(28-3)11-9-16/h5-12H,4,13H2,1-3H3,(H,24,27)(H,23,25,26). The lowest BCUT2D eigenvalue weighted by molar-refractivity contribution is -0.113. The molecular formula is C22H23N3O3S. The van der Waals surface area contributed by atoms with E-state index in [-0.39, 0.29) is 17.2 Å². The van der Waals surface area contributed by atoms with Gasteiger partial charge in [0.2, 0.25) is 5.91 Å². The number of nitrogens with zero attached hydrogens (tertiary/aromatic N) is 1. The minimum absolute atomic E-state index is 0.142. The number of aryl methyl sites for hydroxylation is 2. The van der Waals surface area contributed by atoms with Gasteiger partial charge in [0.05, 0.1) is 18.6 Å². The van der Waals surface area contributed by atoms with Crippen molar-refractivity contribution in [3.8, 4) is 17.0 Å². The first-order valence-electron chi connectivity index (χ1n) is 9.27. The minimum Gasteiger partial charge on any atom is -0.497 e. The SMILES string of the molecule is CCc1cccc(C)c1NC(=O)CSc1nc(-c2ccc(OC)cc2)cc(=O)[nH]1. The van der Waals surface area contributed by atoms with Crippen molar-refractivity contribution in [1.29, 1.82) is 0 Å². The zero-order chi connectivity index (χ0) is 20.8. The van der Waals surface area contributed by atoms with Gasteiger partial charge in [-0.05, 0) is 48.7 Å². The van der Waals surface area contributed by atoms with Crippen molar-refractivity contribution >= 4 is 23.4 Å². The summed E-state index contributed by atoms with van der Waals surface area (Å²) in [5, 5.41) is 3.38. The number of aromatic nitrogens is 2. The van der Waals surface area contributed by atoms with Crippen molar-refractivity contribution in [3.05, 3.63) is 70.0 Å². The Morgan fingerprint density at radius 3 is 2.66 bits per heavy atom. The molecule has 2 aromatic carbocycles. The van der Waals surface area contributed by atoms with Crippen molar-refractivity contribution in [2.24, 2.45) is 0 Å². The van der Waals surface area contributed by atoms with E-state index < -0.39 is 0 Å². The molecule has 0 radical (unpaired) electrons. The number of ether oxygens (including phenoxy) is 1. The first-order chi connectivity index (χ1) is 14.0. The number of carbonyl (C=O) groups excluding carboxylic acids is 1. The van der Waals surface area contributed by atoms with Crippen LogP contribution < -0.4 is 15.6 Å². The molecule has 1 aromatic heterocycles. The van der Waals surface area contributed by atoms with Gasteiger partial charge in [-0.2, -0.15) is 0 Å². The molecule has 1 amide bonds. The summed E-state index contributed by atoms with van der Waals surface area (Å²) < 4.78 is 5.15. The van der Waals surface area contributed by atoms with Crippen LogP contribution in [0.4, 0.5) is 5.69 Å². The Morgan fingerprint density at radius 2 is 1.97 bits per heavy atom. The van der Waals surface area contributed by atoms with Crippen LogP contribution in [0.15, 0.2) is 58.5 Å². The highest BCUT2D eigenvalue weighted by Crippen LogP contribution is 2.23.